The number of carbonyl (C=O) groups is 1. The minimum atomic E-state index is -0.458. The van der Waals surface area contributed by atoms with E-state index in [-0.39, 0.29) is 5.57 Å². The smallest absolute Gasteiger partial charge is 0.289 e. The molecular formula is C19H21N3O3. The maximum absolute atomic E-state index is 12.5. The van der Waals surface area contributed by atoms with Gasteiger partial charge in [-0.1, -0.05) is 6.07 Å². The summed E-state index contributed by atoms with van der Waals surface area (Å²) in [6.07, 6.45) is 1.52. The highest BCUT2D eigenvalue weighted by Gasteiger charge is 2.16. The Labute approximate surface area is 147 Å². The fraction of sp³-hybridized carbons (Fsp3) is 0.316. The first-order chi connectivity index (χ1) is 12.0. The number of ether oxygens (including phenoxy) is 2. The highest BCUT2D eigenvalue weighted by Crippen LogP contribution is 2.29. The maximum atomic E-state index is 12.5. The molecule has 0 atom stereocenters. The molecule has 0 spiro atoms. The summed E-state index contributed by atoms with van der Waals surface area (Å²) in [4.78, 5) is 12.5. The molecule has 0 radical (unpaired) electrons. The zero-order valence-corrected chi connectivity index (χ0v) is 14.9. The summed E-state index contributed by atoms with van der Waals surface area (Å²) in [5.74, 6) is 0.749. The van der Waals surface area contributed by atoms with Crippen LogP contribution in [0.1, 0.15) is 35.6 Å². The fourth-order valence-corrected chi connectivity index (χ4v) is 2.41. The zero-order valence-electron chi connectivity index (χ0n) is 14.9. The summed E-state index contributed by atoms with van der Waals surface area (Å²) in [6, 6.07) is 9.04. The molecule has 1 aromatic carbocycles. The van der Waals surface area contributed by atoms with Gasteiger partial charge in [0.1, 0.15) is 11.6 Å². The number of nitrogens with zero attached hydrogens (tertiary/aromatic N) is 3. The van der Waals surface area contributed by atoms with Crippen LogP contribution in [0, 0.1) is 25.2 Å². The number of carbonyl (C=O) groups excluding carboxylic acids is 1. The molecule has 0 fully saturated rings. The van der Waals surface area contributed by atoms with E-state index in [2.05, 4.69) is 5.10 Å². The first kappa shape index (κ1) is 18.3. The Balaban J connectivity index is 2.39. The molecule has 130 valence electrons. The van der Waals surface area contributed by atoms with Gasteiger partial charge in [0.05, 0.1) is 18.9 Å². The predicted molar refractivity (Wildman–Crippen MR) is 94.7 cm³/mol. The summed E-state index contributed by atoms with van der Waals surface area (Å²) >= 11 is 0. The molecule has 0 N–H and O–H groups in total. The second kappa shape index (κ2) is 8.15. The number of allylic oxidation sites excluding steroid dienone is 1. The Morgan fingerprint density at radius 2 is 1.88 bits per heavy atom. The van der Waals surface area contributed by atoms with Gasteiger partial charge < -0.3 is 9.47 Å². The normalized spacial score (nSPS) is 11.1. The van der Waals surface area contributed by atoms with Gasteiger partial charge in [0.2, 0.25) is 0 Å². The molecule has 1 aromatic heterocycles. The van der Waals surface area contributed by atoms with Crippen molar-refractivity contribution in [2.45, 2.75) is 27.7 Å². The third kappa shape index (κ3) is 4.27. The molecule has 0 saturated carbocycles. The number of hydrogen-bond donors (Lipinski definition) is 0. The molecule has 2 aromatic rings. The lowest BCUT2D eigenvalue weighted by molar-refractivity contribution is 0.0943. The van der Waals surface area contributed by atoms with E-state index in [1.807, 2.05) is 19.9 Å². The molecule has 0 unspecified atom stereocenters. The molecule has 0 aliphatic heterocycles. The first-order valence-corrected chi connectivity index (χ1v) is 8.09. The molecule has 0 aliphatic carbocycles. The lowest BCUT2D eigenvalue weighted by Gasteiger charge is -2.11. The molecule has 0 bridgehead atoms. The topological polar surface area (TPSA) is 77.1 Å². The van der Waals surface area contributed by atoms with Crippen molar-refractivity contribution in [2.24, 2.45) is 0 Å². The largest absolute Gasteiger partial charge is 0.490 e. The SMILES string of the molecule is CCOc1ccc(/C=C(\C#N)C(=O)n2nc(C)cc2C)cc1OCC. The van der Waals surface area contributed by atoms with Crippen LogP contribution in [0.15, 0.2) is 29.8 Å². The average molecular weight is 339 g/mol. The van der Waals surface area contributed by atoms with Gasteiger partial charge in [-0.15, -0.1) is 0 Å². The Morgan fingerprint density at radius 3 is 2.44 bits per heavy atom. The Bertz CT molecular complexity index is 844. The quantitative estimate of drug-likeness (QED) is 0.594. The average Bonchev–Trinajstić information content (AvgIpc) is 2.93. The van der Waals surface area contributed by atoms with Crippen LogP contribution < -0.4 is 9.47 Å². The Morgan fingerprint density at radius 1 is 1.20 bits per heavy atom. The summed E-state index contributed by atoms with van der Waals surface area (Å²) in [5.41, 5.74) is 2.09. The van der Waals surface area contributed by atoms with Gasteiger partial charge in [-0.3, -0.25) is 4.79 Å². The van der Waals surface area contributed by atoms with Crippen molar-refractivity contribution in [3.8, 4) is 17.6 Å². The van der Waals surface area contributed by atoms with E-state index in [4.69, 9.17) is 9.47 Å². The molecule has 0 aliphatic rings. The lowest BCUT2D eigenvalue weighted by atomic mass is 10.1. The van der Waals surface area contributed by atoms with Crippen LogP contribution in [0.3, 0.4) is 0 Å². The van der Waals surface area contributed by atoms with Crippen molar-refractivity contribution in [3.05, 3.63) is 46.8 Å². The molecule has 6 nitrogen and oxygen atoms in total. The Kier molecular flexibility index (Phi) is 5.96. The number of aryl methyl sites for hydroxylation is 2. The number of rotatable bonds is 6. The first-order valence-electron chi connectivity index (χ1n) is 8.09. The van der Waals surface area contributed by atoms with E-state index in [1.54, 1.807) is 38.1 Å². The van der Waals surface area contributed by atoms with E-state index in [1.165, 1.54) is 10.8 Å². The second-order valence-corrected chi connectivity index (χ2v) is 5.39. The monoisotopic (exact) mass is 339 g/mol. The van der Waals surface area contributed by atoms with Gasteiger partial charge in [0.25, 0.3) is 5.91 Å². The van der Waals surface area contributed by atoms with E-state index < -0.39 is 5.91 Å². The van der Waals surface area contributed by atoms with Crippen molar-refractivity contribution >= 4 is 12.0 Å². The van der Waals surface area contributed by atoms with Crippen molar-refractivity contribution in [2.75, 3.05) is 13.2 Å². The third-order valence-electron chi connectivity index (χ3n) is 3.43. The molecule has 0 saturated heterocycles. The van der Waals surface area contributed by atoms with Crippen LogP contribution in [-0.4, -0.2) is 28.9 Å². The summed E-state index contributed by atoms with van der Waals surface area (Å²) < 4.78 is 12.3. The molecule has 0 amide bonds. The van der Waals surface area contributed by atoms with Gasteiger partial charge in [0, 0.05) is 5.69 Å². The summed E-state index contributed by atoms with van der Waals surface area (Å²) in [7, 11) is 0. The highest BCUT2D eigenvalue weighted by atomic mass is 16.5. The predicted octanol–water partition coefficient (Wildman–Crippen LogP) is 3.54. The minimum Gasteiger partial charge on any atom is -0.490 e. The number of hydrogen-bond acceptors (Lipinski definition) is 5. The Hall–Kier alpha value is -3.07. The zero-order chi connectivity index (χ0) is 18.4. The van der Waals surface area contributed by atoms with E-state index in [0.717, 1.165) is 5.69 Å². The standard InChI is InChI=1S/C19H21N3O3/c1-5-24-17-8-7-15(11-18(17)25-6-2)10-16(12-20)19(23)22-14(4)9-13(3)21-22/h7-11H,5-6H2,1-4H3/b16-10+. The van der Waals surface area contributed by atoms with Crippen LogP contribution >= 0.6 is 0 Å². The van der Waals surface area contributed by atoms with Crippen molar-refractivity contribution in [1.82, 2.24) is 9.78 Å². The van der Waals surface area contributed by atoms with Crippen molar-refractivity contribution in [1.29, 1.82) is 5.26 Å². The minimum absolute atomic E-state index is 0.00203. The molecule has 6 heteroatoms. The molecule has 25 heavy (non-hydrogen) atoms. The van der Waals surface area contributed by atoms with Crippen LogP contribution in [0.2, 0.25) is 0 Å². The molecular weight excluding hydrogens is 318 g/mol. The van der Waals surface area contributed by atoms with E-state index in [9.17, 15) is 10.1 Å². The maximum Gasteiger partial charge on any atom is 0.289 e. The van der Waals surface area contributed by atoms with Crippen LogP contribution in [0.5, 0.6) is 11.5 Å². The van der Waals surface area contributed by atoms with Gasteiger partial charge in [-0.2, -0.15) is 10.4 Å². The fourth-order valence-electron chi connectivity index (χ4n) is 2.41. The van der Waals surface area contributed by atoms with Crippen molar-refractivity contribution < 1.29 is 14.3 Å². The second-order valence-electron chi connectivity index (χ2n) is 5.39. The van der Waals surface area contributed by atoms with Crippen LogP contribution in [0.4, 0.5) is 0 Å². The number of nitriles is 1. The van der Waals surface area contributed by atoms with Crippen molar-refractivity contribution in [3.63, 3.8) is 0 Å². The molecule has 2 rings (SSSR count). The summed E-state index contributed by atoms with van der Waals surface area (Å²) in [5, 5.41) is 13.5. The van der Waals surface area contributed by atoms with Crippen LogP contribution in [0.25, 0.3) is 6.08 Å². The number of benzene rings is 1. The van der Waals surface area contributed by atoms with Gasteiger partial charge >= 0.3 is 0 Å². The van der Waals surface area contributed by atoms with Gasteiger partial charge in [-0.05, 0) is 57.5 Å². The lowest BCUT2D eigenvalue weighted by Crippen LogP contribution is -2.15. The summed E-state index contributed by atoms with van der Waals surface area (Å²) in [6.45, 7) is 8.36. The number of aromatic nitrogens is 2. The van der Waals surface area contributed by atoms with Gasteiger partial charge in [0.15, 0.2) is 11.5 Å². The van der Waals surface area contributed by atoms with E-state index in [0.29, 0.717) is 36.0 Å². The van der Waals surface area contributed by atoms with E-state index >= 15 is 0 Å². The van der Waals surface area contributed by atoms with Crippen LogP contribution in [-0.2, 0) is 0 Å². The third-order valence-corrected chi connectivity index (χ3v) is 3.43. The van der Waals surface area contributed by atoms with Gasteiger partial charge in [-0.25, -0.2) is 4.68 Å². The highest BCUT2D eigenvalue weighted by molar-refractivity contribution is 6.03. The molecule has 1 heterocycles.